The zero-order chi connectivity index (χ0) is 22.5. The van der Waals surface area contributed by atoms with E-state index in [9.17, 15) is 14.7 Å². The van der Waals surface area contributed by atoms with Crippen molar-refractivity contribution >= 4 is 23.4 Å². The lowest BCUT2D eigenvalue weighted by Gasteiger charge is -2.31. The first-order valence-corrected chi connectivity index (χ1v) is 10.6. The van der Waals surface area contributed by atoms with Crippen molar-refractivity contribution < 1.29 is 28.9 Å². The zero-order valence-electron chi connectivity index (χ0n) is 17.1. The molecule has 0 saturated heterocycles. The second kappa shape index (κ2) is 10.0. The van der Waals surface area contributed by atoms with Crippen LogP contribution in [0.5, 0.6) is 11.5 Å². The molecule has 0 unspecified atom stereocenters. The lowest BCUT2D eigenvalue weighted by atomic mass is 10.0. The first-order valence-electron chi connectivity index (χ1n) is 10.2. The highest BCUT2D eigenvalue weighted by atomic mass is 35.5. The number of fused-ring (bicyclic) bond motifs is 1. The molecule has 0 aromatic heterocycles. The van der Waals surface area contributed by atoms with E-state index in [1.807, 2.05) is 12.1 Å². The monoisotopic (exact) mass is 458 g/mol. The molecule has 0 bridgehead atoms. The topological polar surface area (TPSA) is 106 Å². The standard InChI is InChI=1S/C23H23ClN2O6/c24-16-4-1-14(2-5-16)11-25-22(28)10-17-6-7-18(21(12-27)32-17)26-23(29)15-3-8-19-20(9-15)31-13-30-19/h1-9,17-18,21,27H,10-13H2,(H,25,28)(H,26,29)/t17-,18+,21+/m1/s1. The van der Waals surface area contributed by atoms with Gasteiger partial charge in [0.2, 0.25) is 12.7 Å². The fourth-order valence-electron chi connectivity index (χ4n) is 3.47. The Bertz CT molecular complexity index is 1010. The molecule has 2 heterocycles. The highest BCUT2D eigenvalue weighted by Crippen LogP contribution is 2.32. The van der Waals surface area contributed by atoms with E-state index in [1.54, 1.807) is 42.5 Å². The Balaban J connectivity index is 1.30. The average Bonchev–Trinajstić information content (AvgIpc) is 3.27. The van der Waals surface area contributed by atoms with E-state index in [2.05, 4.69) is 10.6 Å². The maximum atomic E-state index is 12.6. The van der Waals surface area contributed by atoms with Gasteiger partial charge in [-0.2, -0.15) is 0 Å². The molecule has 2 aromatic rings. The van der Waals surface area contributed by atoms with E-state index in [1.165, 1.54) is 0 Å². The molecule has 0 saturated carbocycles. The van der Waals surface area contributed by atoms with Gasteiger partial charge < -0.3 is 30.0 Å². The van der Waals surface area contributed by atoms with E-state index >= 15 is 0 Å². The van der Waals surface area contributed by atoms with Gasteiger partial charge in [-0.05, 0) is 35.9 Å². The molecule has 0 aliphatic carbocycles. The summed E-state index contributed by atoms with van der Waals surface area (Å²) >= 11 is 5.86. The molecule has 3 N–H and O–H groups in total. The van der Waals surface area contributed by atoms with Crippen LogP contribution in [0.2, 0.25) is 5.02 Å². The maximum absolute atomic E-state index is 12.6. The van der Waals surface area contributed by atoms with Gasteiger partial charge in [-0.15, -0.1) is 0 Å². The van der Waals surface area contributed by atoms with Gasteiger partial charge in [-0.25, -0.2) is 0 Å². The summed E-state index contributed by atoms with van der Waals surface area (Å²) in [6, 6.07) is 11.6. The van der Waals surface area contributed by atoms with Crippen LogP contribution < -0.4 is 20.1 Å². The van der Waals surface area contributed by atoms with Crippen LogP contribution in [-0.2, 0) is 16.1 Å². The minimum Gasteiger partial charge on any atom is -0.454 e. The number of amides is 2. The molecule has 3 atom stereocenters. The van der Waals surface area contributed by atoms with Gasteiger partial charge >= 0.3 is 0 Å². The normalized spacial score (nSPS) is 21.2. The molecule has 4 rings (SSSR count). The summed E-state index contributed by atoms with van der Waals surface area (Å²) in [5, 5.41) is 16.0. The van der Waals surface area contributed by atoms with Crippen LogP contribution in [0.15, 0.2) is 54.6 Å². The Morgan fingerprint density at radius 2 is 1.84 bits per heavy atom. The summed E-state index contributed by atoms with van der Waals surface area (Å²) in [6.45, 7) is 0.199. The summed E-state index contributed by atoms with van der Waals surface area (Å²) < 4.78 is 16.4. The Morgan fingerprint density at radius 1 is 1.06 bits per heavy atom. The minimum absolute atomic E-state index is 0.101. The van der Waals surface area contributed by atoms with Gasteiger partial charge in [-0.3, -0.25) is 9.59 Å². The molecule has 32 heavy (non-hydrogen) atoms. The lowest BCUT2D eigenvalue weighted by molar-refractivity contribution is -0.125. The van der Waals surface area contributed by atoms with Gasteiger partial charge in [0.15, 0.2) is 11.5 Å². The second-order valence-electron chi connectivity index (χ2n) is 7.46. The maximum Gasteiger partial charge on any atom is 0.251 e. The summed E-state index contributed by atoms with van der Waals surface area (Å²) in [4.78, 5) is 24.9. The molecule has 0 fully saturated rings. The van der Waals surface area contributed by atoms with Crippen LogP contribution in [0, 0.1) is 0 Å². The Morgan fingerprint density at radius 3 is 2.62 bits per heavy atom. The van der Waals surface area contributed by atoms with Crippen LogP contribution in [0.1, 0.15) is 22.3 Å². The van der Waals surface area contributed by atoms with Crippen molar-refractivity contribution in [3.8, 4) is 11.5 Å². The number of carbonyl (C=O) groups is 2. The molecule has 2 aliphatic heterocycles. The number of hydrogen-bond acceptors (Lipinski definition) is 6. The molecule has 0 radical (unpaired) electrons. The highest BCUT2D eigenvalue weighted by molar-refractivity contribution is 6.30. The van der Waals surface area contributed by atoms with Crippen molar-refractivity contribution in [2.75, 3.05) is 13.4 Å². The smallest absolute Gasteiger partial charge is 0.251 e. The van der Waals surface area contributed by atoms with Crippen molar-refractivity contribution in [1.29, 1.82) is 0 Å². The SMILES string of the molecule is O=C(C[C@H]1C=C[C@H](NC(=O)c2ccc3c(c2)OCO3)[C@H](CO)O1)NCc1ccc(Cl)cc1. The third kappa shape index (κ3) is 5.40. The van der Waals surface area contributed by atoms with Crippen molar-refractivity contribution in [3.05, 3.63) is 70.8 Å². The van der Waals surface area contributed by atoms with Gasteiger partial charge in [-0.1, -0.05) is 35.9 Å². The molecule has 0 spiro atoms. The van der Waals surface area contributed by atoms with Crippen LogP contribution >= 0.6 is 11.6 Å². The predicted molar refractivity (Wildman–Crippen MR) is 117 cm³/mol. The molecular formula is C23H23ClN2O6. The van der Waals surface area contributed by atoms with Crippen LogP contribution in [0.4, 0.5) is 0 Å². The highest BCUT2D eigenvalue weighted by Gasteiger charge is 2.29. The van der Waals surface area contributed by atoms with Gasteiger partial charge in [0, 0.05) is 17.1 Å². The first-order chi connectivity index (χ1) is 15.5. The number of aliphatic hydroxyl groups is 1. The minimum atomic E-state index is -0.674. The third-order valence-corrected chi connectivity index (χ3v) is 5.44. The number of hydrogen-bond donors (Lipinski definition) is 3. The molecule has 2 aromatic carbocycles. The quantitative estimate of drug-likeness (QED) is 0.549. The molecule has 168 valence electrons. The Hall–Kier alpha value is -3.07. The number of rotatable bonds is 7. The fraction of sp³-hybridized carbons (Fsp3) is 0.304. The van der Waals surface area contributed by atoms with Crippen LogP contribution in [-0.4, -0.2) is 48.6 Å². The third-order valence-electron chi connectivity index (χ3n) is 5.19. The fourth-order valence-corrected chi connectivity index (χ4v) is 3.59. The number of aliphatic hydroxyl groups excluding tert-OH is 1. The molecule has 2 aliphatic rings. The van der Waals surface area contributed by atoms with E-state index in [4.69, 9.17) is 25.8 Å². The molecule has 8 nitrogen and oxygen atoms in total. The molecule has 2 amide bonds. The van der Waals surface area contributed by atoms with E-state index in [0.29, 0.717) is 28.6 Å². The predicted octanol–water partition coefficient (Wildman–Crippen LogP) is 2.19. The number of benzene rings is 2. The van der Waals surface area contributed by atoms with Crippen LogP contribution in [0.3, 0.4) is 0 Å². The summed E-state index contributed by atoms with van der Waals surface area (Å²) in [5.41, 5.74) is 1.34. The van der Waals surface area contributed by atoms with Crippen LogP contribution in [0.25, 0.3) is 0 Å². The number of ether oxygens (including phenoxy) is 3. The van der Waals surface area contributed by atoms with E-state index < -0.39 is 18.2 Å². The number of carbonyl (C=O) groups excluding carboxylic acids is 2. The average molecular weight is 459 g/mol. The van der Waals surface area contributed by atoms with Gasteiger partial charge in [0.25, 0.3) is 5.91 Å². The van der Waals surface area contributed by atoms with Crippen molar-refractivity contribution in [2.45, 2.75) is 31.2 Å². The number of nitrogens with one attached hydrogen (secondary N) is 2. The van der Waals surface area contributed by atoms with Crippen molar-refractivity contribution in [2.24, 2.45) is 0 Å². The van der Waals surface area contributed by atoms with E-state index in [0.717, 1.165) is 5.56 Å². The first kappa shape index (κ1) is 22.1. The summed E-state index contributed by atoms with van der Waals surface area (Å²) in [7, 11) is 0. The van der Waals surface area contributed by atoms with Gasteiger partial charge in [0.1, 0.15) is 6.10 Å². The molecular weight excluding hydrogens is 436 g/mol. The van der Waals surface area contributed by atoms with Crippen molar-refractivity contribution in [1.82, 2.24) is 10.6 Å². The second-order valence-corrected chi connectivity index (χ2v) is 7.89. The molecule has 9 heteroatoms. The van der Waals surface area contributed by atoms with Gasteiger partial charge in [0.05, 0.1) is 25.2 Å². The lowest BCUT2D eigenvalue weighted by Crippen LogP contribution is -2.49. The van der Waals surface area contributed by atoms with E-state index in [-0.39, 0.29) is 31.6 Å². The Labute approximate surface area is 190 Å². The number of halogens is 1. The zero-order valence-corrected chi connectivity index (χ0v) is 17.9. The largest absolute Gasteiger partial charge is 0.454 e. The summed E-state index contributed by atoms with van der Waals surface area (Å²) in [6.07, 6.45) is 2.39. The van der Waals surface area contributed by atoms with Crippen molar-refractivity contribution in [3.63, 3.8) is 0 Å². The summed E-state index contributed by atoms with van der Waals surface area (Å²) in [5.74, 6) is 0.581. The Kier molecular flexibility index (Phi) is 6.94.